The molecule has 4 heteroatoms. The van der Waals surface area contributed by atoms with E-state index in [1.807, 2.05) is 13.8 Å². The molecule has 2 N–H and O–H groups in total. The average Bonchev–Trinajstić information content (AvgIpc) is 2.52. The van der Waals surface area contributed by atoms with Crippen molar-refractivity contribution in [2.24, 2.45) is 17.3 Å². The predicted octanol–water partition coefficient (Wildman–Crippen LogP) is 1.37. The fraction of sp³-hybridized carbons (Fsp3) is 0.600. The van der Waals surface area contributed by atoms with Crippen LogP contribution in [0.5, 0.6) is 0 Å². The quantitative estimate of drug-likeness (QED) is 0.672. The summed E-state index contributed by atoms with van der Waals surface area (Å²) in [5.41, 5.74) is -0.102. The Kier molecular flexibility index (Phi) is 2.39. The molecule has 0 aromatic heterocycles. The molecule has 0 aromatic carbocycles. The highest BCUT2D eigenvalue weighted by atomic mass is 16.4. The van der Waals surface area contributed by atoms with E-state index in [0.717, 1.165) is 0 Å². The number of hydrogen-bond acceptors (Lipinski definition) is 2. The van der Waals surface area contributed by atoms with Crippen LogP contribution >= 0.6 is 0 Å². The van der Waals surface area contributed by atoms with Crippen LogP contribution in [-0.2, 0) is 9.59 Å². The van der Waals surface area contributed by atoms with Gasteiger partial charge < -0.3 is 10.2 Å². The Morgan fingerprint density at radius 3 is 2.07 bits per heavy atom. The number of hydrogen-bond donors (Lipinski definition) is 2. The van der Waals surface area contributed by atoms with Crippen LogP contribution in [0.25, 0.3) is 0 Å². The van der Waals surface area contributed by atoms with Crippen LogP contribution in [0.1, 0.15) is 20.8 Å². The molecule has 0 bridgehead atoms. The molecule has 1 fully saturated rings. The summed E-state index contributed by atoms with van der Waals surface area (Å²) < 4.78 is 0. The molecule has 1 saturated carbocycles. The van der Waals surface area contributed by atoms with Gasteiger partial charge in [0.05, 0.1) is 5.92 Å². The van der Waals surface area contributed by atoms with Gasteiger partial charge in [0.25, 0.3) is 0 Å². The highest BCUT2D eigenvalue weighted by Crippen LogP contribution is 2.59. The SMILES string of the molecule is C/C(=C/[C@@H]1[C@@H](C(=O)O)C1(C)C)C(=O)O. The van der Waals surface area contributed by atoms with E-state index in [1.54, 1.807) is 6.08 Å². The average molecular weight is 198 g/mol. The van der Waals surface area contributed by atoms with Gasteiger partial charge in [0.2, 0.25) is 0 Å². The first kappa shape index (κ1) is 10.8. The van der Waals surface area contributed by atoms with Gasteiger partial charge >= 0.3 is 11.9 Å². The molecule has 0 radical (unpaired) electrons. The van der Waals surface area contributed by atoms with Crippen LogP contribution < -0.4 is 0 Å². The van der Waals surface area contributed by atoms with E-state index in [-0.39, 0.29) is 16.9 Å². The van der Waals surface area contributed by atoms with E-state index >= 15 is 0 Å². The largest absolute Gasteiger partial charge is 0.481 e. The van der Waals surface area contributed by atoms with E-state index in [4.69, 9.17) is 10.2 Å². The lowest BCUT2D eigenvalue weighted by Crippen LogP contribution is -2.03. The van der Waals surface area contributed by atoms with Gasteiger partial charge in [-0.05, 0) is 18.3 Å². The highest BCUT2D eigenvalue weighted by Gasteiger charge is 2.60. The molecule has 0 saturated heterocycles. The molecule has 0 spiro atoms. The second-order valence-electron chi connectivity index (χ2n) is 4.32. The molecule has 0 amide bonds. The minimum atomic E-state index is -0.989. The van der Waals surface area contributed by atoms with E-state index < -0.39 is 17.9 Å². The van der Waals surface area contributed by atoms with Crippen LogP contribution in [0.3, 0.4) is 0 Å². The smallest absolute Gasteiger partial charge is 0.330 e. The minimum Gasteiger partial charge on any atom is -0.481 e. The first-order valence-electron chi connectivity index (χ1n) is 4.43. The normalized spacial score (nSPS) is 29.8. The van der Waals surface area contributed by atoms with E-state index in [9.17, 15) is 9.59 Å². The Morgan fingerprint density at radius 1 is 1.29 bits per heavy atom. The maximum Gasteiger partial charge on any atom is 0.330 e. The Balaban J connectivity index is 2.80. The Hall–Kier alpha value is -1.32. The second-order valence-corrected chi connectivity index (χ2v) is 4.32. The van der Waals surface area contributed by atoms with Crippen LogP contribution in [0.15, 0.2) is 11.6 Å². The van der Waals surface area contributed by atoms with Gasteiger partial charge in [-0.15, -0.1) is 0 Å². The molecular formula is C10H14O4. The molecular weight excluding hydrogens is 184 g/mol. The number of carboxylic acids is 2. The van der Waals surface area contributed by atoms with Gasteiger partial charge in [0, 0.05) is 5.57 Å². The standard InChI is InChI=1S/C10H14O4/c1-5(8(11)12)4-6-7(9(13)14)10(6,2)3/h4,6-7H,1-3H3,(H,11,12)(H,13,14)/b5-4-/t6-,7+/m1/s1. The van der Waals surface area contributed by atoms with Crippen molar-refractivity contribution in [2.75, 3.05) is 0 Å². The first-order valence-corrected chi connectivity index (χ1v) is 4.43. The molecule has 1 rings (SSSR count). The maximum absolute atomic E-state index is 10.8. The summed E-state index contributed by atoms with van der Waals surface area (Å²) in [7, 11) is 0. The van der Waals surface area contributed by atoms with Gasteiger partial charge in [-0.2, -0.15) is 0 Å². The van der Waals surface area contributed by atoms with Gasteiger partial charge in [-0.3, -0.25) is 4.79 Å². The van der Waals surface area contributed by atoms with Crippen LogP contribution in [0.4, 0.5) is 0 Å². The summed E-state index contributed by atoms with van der Waals surface area (Å²) in [5, 5.41) is 17.5. The summed E-state index contributed by atoms with van der Waals surface area (Å²) in [5.74, 6) is -2.45. The third-order valence-corrected chi connectivity index (χ3v) is 2.94. The molecule has 14 heavy (non-hydrogen) atoms. The predicted molar refractivity (Wildman–Crippen MR) is 49.8 cm³/mol. The molecule has 0 unspecified atom stereocenters. The van der Waals surface area contributed by atoms with Crippen molar-refractivity contribution in [1.82, 2.24) is 0 Å². The van der Waals surface area contributed by atoms with Gasteiger partial charge in [0.15, 0.2) is 0 Å². The Morgan fingerprint density at radius 2 is 1.79 bits per heavy atom. The monoisotopic (exact) mass is 198 g/mol. The number of carboxylic acid groups (broad SMARTS) is 2. The molecule has 4 nitrogen and oxygen atoms in total. The summed E-state index contributed by atoms with van der Waals surface area (Å²) in [4.78, 5) is 21.3. The number of carbonyl (C=O) groups is 2. The van der Waals surface area contributed by atoms with Gasteiger partial charge in [0.1, 0.15) is 0 Å². The maximum atomic E-state index is 10.8. The molecule has 1 aliphatic carbocycles. The lowest BCUT2D eigenvalue weighted by Gasteiger charge is -1.97. The zero-order chi connectivity index (χ0) is 11.1. The lowest BCUT2D eigenvalue weighted by atomic mass is 10.1. The van der Waals surface area contributed by atoms with Gasteiger partial charge in [-0.1, -0.05) is 19.9 Å². The zero-order valence-corrected chi connectivity index (χ0v) is 8.44. The highest BCUT2D eigenvalue weighted by molar-refractivity contribution is 5.86. The topological polar surface area (TPSA) is 74.6 Å². The van der Waals surface area contributed by atoms with Crippen LogP contribution in [0, 0.1) is 17.3 Å². The van der Waals surface area contributed by atoms with Crippen molar-refractivity contribution in [3.63, 3.8) is 0 Å². The first-order chi connectivity index (χ1) is 6.28. The Labute approximate surface area is 82.2 Å². The zero-order valence-electron chi connectivity index (χ0n) is 8.44. The fourth-order valence-electron chi connectivity index (χ4n) is 1.80. The van der Waals surface area contributed by atoms with Crippen molar-refractivity contribution in [2.45, 2.75) is 20.8 Å². The summed E-state index contributed by atoms with van der Waals surface area (Å²) in [6.45, 7) is 5.15. The number of rotatable bonds is 3. The van der Waals surface area contributed by atoms with Crippen molar-refractivity contribution >= 4 is 11.9 Å². The third kappa shape index (κ3) is 1.64. The number of aliphatic carboxylic acids is 2. The minimum absolute atomic E-state index is 0.156. The summed E-state index contributed by atoms with van der Waals surface area (Å²) >= 11 is 0. The van der Waals surface area contributed by atoms with Crippen molar-refractivity contribution in [3.8, 4) is 0 Å². The van der Waals surface area contributed by atoms with E-state index in [1.165, 1.54) is 6.92 Å². The molecule has 1 aliphatic rings. The molecule has 2 atom stereocenters. The number of allylic oxidation sites excluding steroid dienone is 1. The Bertz CT molecular complexity index is 314. The van der Waals surface area contributed by atoms with Crippen LogP contribution in [0.2, 0.25) is 0 Å². The molecule has 0 aromatic rings. The van der Waals surface area contributed by atoms with E-state index in [0.29, 0.717) is 0 Å². The summed E-state index contributed by atoms with van der Waals surface area (Å²) in [6.07, 6.45) is 1.54. The summed E-state index contributed by atoms with van der Waals surface area (Å²) in [6, 6.07) is 0. The van der Waals surface area contributed by atoms with Crippen molar-refractivity contribution < 1.29 is 19.8 Å². The van der Waals surface area contributed by atoms with Crippen molar-refractivity contribution in [3.05, 3.63) is 11.6 Å². The van der Waals surface area contributed by atoms with E-state index in [2.05, 4.69) is 0 Å². The van der Waals surface area contributed by atoms with Crippen molar-refractivity contribution in [1.29, 1.82) is 0 Å². The molecule has 78 valence electrons. The molecule has 0 aliphatic heterocycles. The molecule has 0 heterocycles. The third-order valence-electron chi connectivity index (χ3n) is 2.94. The van der Waals surface area contributed by atoms with Crippen LogP contribution in [-0.4, -0.2) is 22.2 Å². The van der Waals surface area contributed by atoms with Gasteiger partial charge in [-0.25, -0.2) is 4.79 Å². The second kappa shape index (κ2) is 3.12. The fourth-order valence-corrected chi connectivity index (χ4v) is 1.80. The lowest BCUT2D eigenvalue weighted by molar-refractivity contribution is -0.139.